The number of hydrogen-bond acceptors (Lipinski definition) is 3. The molecule has 0 amide bonds. The number of rotatable bonds is 7. The van der Waals surface area contributed by atoms with Gasteiger partial charge < -0.3 is 14.6 Å². The van der Waals surface area contributed by atoms with Gasteiger partial charge in [-0.05, 0) is 46.3 Å². The number of aliphatic hydroxyl groups is 1. The molecule has 5 rings (SSSR count). The van der Waals surface area contributed by atoms with Crippen LogP contribution in [0.1, 0.15) is 12.5 Å². The van der Waals surface area contributed by atoms with Crippen molar-refractivity contribution in [2.24, 2.45) is 0 Å². The Morgan fingerprint density at radius 1 is 0.656 bits per heavy atom. The summed E-state index contributed by atoms with van der Waals surface area (Å²) in [5.41, 5.74) is 1.26. The second kappa shape index (κ2) is 8.89. The zero-order valence-electron chi connectivity index (χ0n) is 18.1. The number of hydrogen-bond donors (Lipinski definition) is 1. The molecule has 0 aliphatic rings. The van der Waals surface area contributed by atoms with Crippen molar-refractivity contribution in [3.63, 3.8) is 0 Å². The van der Waals surface area contributed by atoms with Gasteiger partial charge in [0.1, 0.15) is 30.8 Å². The van der Waals surface area contributed by atoms with E-state index < -0.39 is 6.10 Å². The second-order valence-electron chi connectivity index (χ2n) is 8.09. The standard InChI is InChI=1S/C29H26O3/c1-2-20-14-15-23-17-22-9-4-6-12-26(22)29(27(23)16-20)32-19-24(30)18-31-28-13-7-10-21-8-3-5-11-25(21)28/h3-17,24,30H,2,18-19H2,1H3. The fourth-order valence-electron chi connectivity index (χ4n) is 4.18. The van der Waals surface area contributed by atoms with E-state index in [1.54, 1.807) is 0 Å². The van der Waals surface area contributed by atoms with Crippen LogP contribution in [0.25, 0.3) is 32.3 Å². The Morgan fingerprint density at radius 2 is 1.34 bits per heavy atom. The Labute approximate surface area is 187 Å². The summed E-state index contributed by atoms with van der Waals surface area (Å²) < 4.78 is 12.2. The lowest BCUT2D eigenvalue weighted by molar-refractivity contribution is 0.0642. The maximum absolute atomic E-state index is 10.6. The van der Waals surface area contributed by atoms with Gasteiger partial charge in [-0.2, -0.15) is 0 Å². The predicted molar refractivity (Wildman–Crippen MR) is 132 cm³/mol. The van der Waals surface area contributed by atoms with Crippen LogP contribution in [0.3, 0.4) is 0 Å². The van der Waals surface area contributed by atoms with Crippen molar-refractivity contribution in [1.82, 2.24) is 0 Å². The largest absolute Gasteiger partial charge is 0.490 e. The maximum Gasteiger partial charge on any atom is 0.135 e. The Hall–Kier alpha value is -3.56. The molecule has 1 N–H and O–H groups in total. The van der Waals surface area contributed by atoms with Gasteiger partial charge in [-0.1, -0.05) is 79.7 Å². The highest BCUT2D eigenvalue weighted by atomic mass is 16.5. The topological polar surface area (TPSA) is 38.7 Å². The first-order valence-corrected chi connectivity index (χ1v) is 11.1. The van der Waals surface area contributed by atoms with Crippen LogP contribution in [0.15, 0.2) is 91.0 Å². The van der Waals surface area contributed by atoms with Gasteiger partial charge in [0.25, 0.3) is 0 Å². The van der Waals surface area contributed by atoms with Crippen molar-refractivity contribution < 1.29 is 14.6 Å². The third-order valence-electron chi connectivity index (χ3n) is 5.89. The van der Waals surface area contributed by atoms with Crippen LogP contribution in [0, 0.1) is 0 Å². The first kappa shape index (κ1) is 20.3. The van der Waals surface area contributed by atoms with Crippen LogP contribution in [0.4, 0.5) is 0 Å². The molecule has 0 radical (unpaired) electrons. The van der Waals surface area contributed by atoms with Crippen LogP contribution < -0.4 is 9.47 Å². The quantitative estimate of drug-likeness (QED) is 0.303. The summed E-state index contributed by atoms with van der Waals surface area (Å²) in [5, 5.41) is 17.2. The molecule has 0 aromatic heterocycles. The van der Waals surface area contributed by atoms with Crippen molar-refractivity contribution in [1.29, 1.82) is 0 Å². The Balaban J connectivity index is 1.38. The van der Waals surface area contributed by atoms with E-state index in [9.17, 15) is 5.11 Å². The van der Waals surface area contributed by atoms with Crippen molar-refractivity contribution in [2.75, 3.05) is 13.2 Å². The summed E-state index contributed by atoms with van der Waals surface area (Å²) in [6.07, 6.45) is 0.210. The van der Waals surface area contributed by atoms with Crippen LogP contribution in [-0.4, -0.2) is 24.4 Å². The molecule has 3 nitrogen and oxygen atoms in total. The zero-order valence-corrected chi connectivity index (χ0v) is 18.1. The van der Waals surface area contributed by atoms with E-state index in [-0.39, 0.29) is 13.2 Å². The minimum absolute atomic E-state index is 0.157. The molecule has 32 heavy (non-hydrogen) atoms. The molecule has 0 fully saturated rings. The Bertz CT molecular complexity index is 1380. The summed E-state index contributed by atoms with van der Waals surface area (Å²) in [6.45, 7) is 2.47. The number of ether oxygens (including phenoxy) is 2. The van der Waals surface area contributed by atoms with Gasteiger partial charge in [0, 0.05) is 16.2 Å². The Kier molecular flexibility index (Phi) is 5.66. The molecule has 160 valence electrons. The maximum atomic E-state index is 10.6. The van der Waals surface area contributed by atoms with E-state index >= 15 is 0 Å². The summed E-state index contributed by atoms with van der Waals surface area (Å²) in [4.78, 5) is 0. The lowest BCUT2D eigenvalue weighted by Crippen LogP contribution is -2.25. The smallest absolute Gasteiger partial charge is 0.135 e. The van der Waals surface area contributed by atoms with Crippen molar-refractivity contribution in [3.05, 3.63) is 96.6 Å². The lowest BCUT2D eigenvalue weighted by atomic mass is 9.99. The molecule has 0 saturated heterocycles. The molecular weight excluding hydrogens is 396 g/mol. The molecule has 0 saturated carbocycles. The SMILES string of the molecule is CCc1ccc2cc3ccccc3c(OCC(O)COc3cccc4ccccc34)c2c1. The minimum atomic E-state index is -0.752. The normalized spacial score (nSPS) is 12.3. The van der Waals surface area contributed by atoms with E-state index in [1.165, 1.54) is 5.56 Å². The third kappa shape index (κ3) is 4.00. The van der Waals surface area contributed by atoms with Crippen molar-refractivity contribution >= 4 is 32.3 Å². The molecule has 0 bridgehead atoms. The highest BCUT2D eigenvalue weighted by Gasteiger charge is 2.13. The molecular formula is C29H26O3. The average Bonchev–Trinajstić information content (AvgIpc) is 2.85. The molecule has 5 aromatic carbocycles. The average molecular weight is 423 g/mol. The number of aliphatic hydroxyl groups excluding tert-OH is 1. The highest BCUT2D eigenvalue weighted by Crippen LogP contribution is 2.35. The fourth-order valence-corrected chi connectivity index (χ4v) is 4.18. The third-order valence-corrected chi connectivity index (χ3v) is 5.89. The van der Waals surface area contributed by atoms with Crippen LogP contribution >= 0.6 is 0 Å². The lowest BCUT2D eigenvalue weighted by Gasteiger charge is -2.17. The van der Waals surface area contributed by atoms with Gasteiger partial charge in [0.05, 0.1) is 0 Å². The van der Waals surface area contributed by atoms with Gasteiger partial charge in [0.15, 0.2) is 0 Å². The minimum Gasteiger partial charge on any atom is -0.490 e. The summed E-state index contributed by atoms with van der Waals surface area (Å²) in [5.74, 6) is 1.59. The van der Waals surface area contributed by atoms with Gasteiger partial charge in [-0.25, -0.2) is 0 Å². The monoisotopic (exact) mass is 422 g/mol. The molecule has 3 heteroatoms. The first-order valence-electron chi connectivity index (χ1n) is 11.1. The number of fused-ring (bicyclic) bond motifs is 3. The fraction of sp³-hybridized carbons (Fsp3) is 0.172. The molecule has 1 unspecified atom stereocenters. The van der Waals surface area contributed by atoms with Crippen LogP contribution in [0.2, 0.25) is 0 Å². The van der Waals surface area contributed by atoms with Crippen molar-refractivity contribution in [2.45, 2.75) is 19.4 Å². The Morgan fingerprint density at radius 3 is 2.19 bits per heavy atom. The molecule has 0 spiro atoms. The molecule has 1 atom stereocenters. The molecule has 0 aliphatic heterocycles. The summed E-state index contributed by atoms with van der Waals surface area (Å²) >= 11 is 0. The van der Waals surface area contributed by atoms with Gasteiger partial charge in [-0.3, -0.25) is 0 Å². The van der Waals surface area contributed by atoms with Gasteiger partial charge >= 0.3 is 0 Å². The second-order valence-corrected chi connectivity index (χ2v) is 8.09. The van der Waals surface area contributed by atoms with Gasteiger partial charge in [-0.15, -0.1) is 0 Å². The van der Waals surface area contributed by atoms with E-state index in [0.717, 1.165) is 50.2 Å². The summed E-state index contributed by atoms with van der Waals surface area (Å²) in [7, 11) is 0. The van der Waals surface area contributed by atoms with Gasteiger partial charge in [0.2, 0.25) is 0 Å². The van der Waals surface area contributed by atoms with E-state index in [0.29, 0.717) is 0 Å². The molecule has 0 aliphatic carbocycles. The van der Waals surface area contributed by atoms with Crippen LogP contribution in [0.5, 0.6) is 11.5 Å². The molecule has 5 aromatic rings. The summed E-state index contributed by atoms with van der Waals surface area (Å²) in [6, 6.07) is 30.9. The molecule has 0 heterocycles. The van der Waals surface area contributed by atoms with Crippen LogP contribution in [-0.2, 0) is 6.42 Å². The zero-order chi connectivity index (χ0) is 21.9. The number of benzene rings is 5. The predicted octanol–water partition coefficient (Wildman–Crippen LogP) is 6.53. The first-order chi connectivity index (χ1) is 15.7. The van der Waals surface area contributed by atoms with E-state index in [2.05, 4.69) is 55.5 Å². The van der Waals surface area contributed by atoms with Crippen molar-refractivity contribution in [3.8, 4) is 11.5 Å². The number of aryl methyl sites for hydroxylation is 1. The van der Waals surface area contributed by atoms with E-state index in [4.69, 9.17) is 9.47 Å². The highest BCUT2D eigenvalue weighted by molar-refractivity contribution is 6.05. The van der Waals surface area contributed by atoms with E-state index in [1.807, 2.05) is 42.5 Å².